The van der Waals surface area contributed by atoms with Gasteiger partial charge < -0.3 is 9.42 Å². The second-order valence-corrected chi connectivity index (χ2v) is 7.56. The lowest BCUT2D eigenvalue weighted by molar-refractivity contribution is -0.130. The molecule has 1 aliphatic heterocycles. The Morgan fingerprint density at radius 3 is 2.78 bits per heavy atom. The van der Waals surface area contributed by atoms with E-state index in [9.17, 15) is 9.18 Å². The largest absolute Gasteiger partial charge is 0.337 e. The van der Waals surface area contributed by atoms with Gasteiger partial charge in [-0.05, 0) is 42.8 Å². The zero-order valence-corrected chi connectivity index (χ0v) is 16.4. The third kappa shape index (κ3) is 3.61. The molecule has 27 heavy (non-hydrogen) atoms. The molecule has 2 heterocycles. The summed E-state index contributed by atoms with van der Waals surface area (Å²) in [6, 6.07) is 11.6. The molecule has 2 aromatic carbocycles. The third-order valence-corrected chi connectivity index (χ3v) is 5.43. The fraction of sp³-hybridized carbons (Fsp3) is 0.211. The Kier molecular flexibility index (Phi) is 4.97. The highest BCUT2D eigenvalue weighted by Crippen LogP contribution is 2.35. The normalized spacial score (nSPS) is 16.9. The van der Waals surface area contributed by atoms with Gasteiger partial charge in [-0.2, -0.15) is 4.98 Å². The topological polar surface area (TPSA) is 59.2 Å². The minimum absolute atomic E-state index is 0.0605. The molecule has 0 saturated carbocycles. The lowest BCUT2D eigenvalue weighted by Crippen LogP contribution is -2.28. The zero-order valence-electron chi connectivity index (χ0n) is 14.0. The highest BCUT2D eigenvalue weighted by atomic mass is 79.9. The third-order valence-electron chi connectivity index (χ3n) is 4.55. The summed E-state index contributed by atoms with van der Waals surface area (Å²) in [6.45, 7) is 0.0605. The number of aromatic nitrogens is 2. The van der Waals surface area contributed by atoms with Gasteiger partial charge in [-0.15, -0.1) is 0 Å². The van der Waals surface area contributed by atoms with Crippen LogP contribution in [-0.4, -0.2) is 20.9 Å². The van der Waals surface area contributed by atoms with Crippen molar-refractivity contribution in [2.45, 2.75) is 25.4 Å². The number of nitrogens with zero attached hydrogens (tertiary/aromatic N) is 3. The number of amides is 1. The van der Waals surface area contributed by atoms with Crippen LogP contribution in [0.4, 0.5) is 4.39 Å². The Balaban J connectivity index is 1.61. The molecule has 5 nitrogen and oxygen atoms in total. The average Bonchev–Trinajstić information content (AvgIpc) is 3.26. The van der Waals surface area contributed by atoms with Gasteiger partial charge in [0.1, 0.15) is 11.9 Å². The maximum atomic E-state index is 14.1. The highest BCUT2D eigenvalue weighted by Gasteiger charge is 2.36. The quantitative estimate of drug-likeness (QED) is 0.551. The van der Waals surface area contributed by atoms with Crippen LogP contribution in [0.15, 0.2) is 51.5 Å². The summed E-state index contributed by atoms with van der Waals surface area (Å²) in [5, 5.41) is 4.31. The first kappa shape index (κ1) is 18.1. The van der Waals surface area contributed by atoms with E-state index < -0.39 is 11.9 Å². The molecule has 8 heteroatoms. The SMILES string of the molecule is O=C1CCC(c2nc(-c3ccc(Br)cc3)no2)N1Cc1c(F)cccc1Cl. The number of carbonyl (C=O) groups excluding carboxylic acids is 1. The molecule has 0 bridgehead atoms. The van der Waals surface area contributed by atoms with Crippen molar-refractivity contribution in [1.82, 2.24) is 15.0 Å². The number of carbonyl (C=O) groups is 1. The Bertz CT molecular complexity index is 973. The Labute approximate surface area is 168 Å². The molecule has 0 spiro atoms. The van der Waals surface area contributed by atoms with E-state index in [4.69, 9.17) is 16.1 Å². The fourth-order valence-electron chi connectivity index (χ4n) is 3.13. The van der Waals surface area contributed by atoms with Gasteiger partial charge in [0.25, 0.3) is 0 Å². The van der Waals surface area contributed by atoms with Crippen LogP contribution in [0.1, 0.15) is 30.3 Å². The maximum Gasteiger partial charge on any atom is 0.249 e. The summed E-state index contributed by atoms with van der Waals surface area (Å²) in [6.07, 6.45) is 0.875. The molecule has 1 atom stereocenters. The first-order valence-corrected chi connectivity index (χ1v) is 9.52. The molecule has 1 saturated heterocycles. The number of rotatable bonds is 4. The van der Waals surface area contributed by atoms with Crippen molar-refractivity contribution in [2.75, 3.05) is 0 Å². The number of hydrogen-bond acceptors (Lipinski definition) is 4. The molecule has 0 aliphatic carbocycles. The van der Waals surface area contributed by atoms with E-state index in [0.29, 0.717) is 24.6 Å². The van der Waals surface area contributed by atoms with E-state index in [-0.39, 0.29) is 23.0 Å². The second kappa shape index (κ2) is 7.40. The van der Waals surface area contributed by atoms with E-state index >= 15 is 0 Å². The van der Waals surface area contributed by atoms with Gasteiger partial charge in [0.15, 0.2) is 0 Å². The smallest absolute Gasteiger partial charge is 0.249 e. The lowest BCUT2D eigenvalue weighted by Gasteiger charge is -2.22. The highest BCUT2D eigenvalue weighted by molar-refractivity contribution is 9.10. The summed E-state index contributed by atoms with van der Waals surface area (Å²) in [4.78, 5) is 18.4. The fourth-order valence-corrected chi connectivity index (χ4v) is 3.62. The van der Waals surface area contributed by atoms with Crippen molar-refractivity contribution in [3.05, 3.63) is 69.2 Å². The lowest BCUT2D eigenvalue weighted by atomic mass is 10.1. The van der Waals surface area contributed by atoms with Crippen molar-refractivity contribution in [2.24, 2.45) is 0 Å². The number of halogens is 3. The first-order chi connectivity index (χ1) is 13.0. The molecule has 1 fully saturated rings. The van der Waals surface area contributed by atoms with Gasteiger partial charge in [0.2, 0.25) is 17.6 Å². The van der Waals surface area contributed by atoms with E-state index in [0.717, 1.165) is 10.0 Å². The van der Waals surface area contributed by atoms with Gasteiger partial charge in [-0.25, -0.2) is 4.39 Å². The molecule has 1 aromatic heterocycles. The molecule has 3 aromatic rings. The van der Waals surface area contributed by atoms with Crippen LogP contribution in [0.5, 0.6) is 0 Å². The van der Waals surface area contributed by atoms with Gasteiger partial charge in [0, 0.05) is 27.0 Å². The average molecular weight is 451 g/mol. The van der Waals surface area contributed by atoms with Gasteiger partial charge >= 0.3 is 0 Å². The van der Waals surface area contributed by atoms with Crippen molar-refractivity contribution in [3.8, 4) is 11.4 Å². The molecule has 0 radical (unpaired) electrons. The monoisotopic (exact) mass is 449 g/mol. The van der Waals surface area contributed by atoms with E-state index in [1.807, 2.05) is 24.3 Å². The molecular formula is C19H14BrClFN3O2. The molecular weight excluding hydrogens is 437 g/mol. The van der Waals surface area contributed by atoms with Crippen LogP contribution in [-0.2, 0) is 11.3 Å². The summed E-state index contributed by atoms with van der Waals surface area (Å²) >= 11 is 9.50. The molecule has 4 rings (SSSR count). The van der Waals surface area contributed by atoms with Crippen LogP contribution >= 0.6 is 27.5 Å². The minimum Gasteiger partial charge on any atom is -0.337 e. The van der Waals surface area contributed by atoms with Crippen molar-refractivity contribution in [3.63, 3.8) is 0 Å². The molecule has 1 amide bonds. The van der Waals surface area contributed by atoms with Crippen molar-refractivity contribution < 1.29 is 13.7 Å². The molecule has 1 aliphatic rings. The summed E-state index contributed by atoms with van der Waals surface area (Å²) in [7, 11) is 0. The standard InChI is InChI=1S/C19H14BrClFN3O2/c20-12-6-4-11(5-7-12)18-23-19(27-24-18)16-8-9-17(26)25(16)10-13-14(21)2-1-3-15(13)22/h1-7,16H,8-10H2. The van der Waals surface area contributed by atoms with Gasteiger partial charge in [0.05, 0.1) is 6.54 Å². The predicted molar refractivity (Wildman–Crippen MR) is 101 cm³/mol. The second-order valence-electron chi connectivity index (χ2n) is 6.24. The first-order valence-electron chi connectivity index (χ1n) is 8.35. The van der Waals surface area contributed by atoms with Crippen LogP contribution in [0.25, 0.3) is 11.4 Å². The summed E-state index contributed by atoms with van der Waals surface area (Å²) < 4.78 is 20.5. The van der Waals surface area contributed by atoms with Crippen LogP contribution < -0.4 is 0 Å². The Hall–Kier alpha value is -2.25. The minimum atomic E-state index is -0.443. The number of hydrogen-bond donors (Lipinski definition) is 0. The molecule has 138 valence electrons. The van der Waals surface area contributed by atoms with Crippen molar-refractivity contribution in [1.29, 1.82) is 0 Å². The van der Waals surface area contributed by atoms with Crippen LogP contribution in [0.2, 0.25) is 5.02 Å². The zero-order chi connectivity index (χ0) is 19.0. The number of likely N-dealkylation sites (tertiary alicyclic amines) is 1. The summed E-state index contributed by atoms with van der Waals surface area (Å²) in [5.41, 5.74) is 1.09. The van der Waals surface area contributed by atoms with E-state index in [1.165, 1.54) is 12.1 Å². The van der Waals surface area contributed by atoms with Gasteiger partial charge in [-0.3, -0.25) is 4.79 Å². The van der Waals surface area contributed by atoms with Gasteiger partial charge in [-0.1, -0.05) is 38.8 Å². The molecule has 0 N–H and O–H groups in total. The summed E-state index contributed by atoms with van der Waals surface area (Å²) in [5.74, 6) is 0.247. The predicted octanol–water partition coefficient (Wildman–Crippen LogP) is 5.16. The van der Waals surface area contributed by atoms with Crippen molar-refractivity contribution >= 4 is 33.4 Å². The Morgan fingerprint density at radius 1 is 1.26 bits per heavy atom. The maximum absolute atomic E-state index is 14.1. The van der Waals surface area contributed by atoms with Crippen LogP contribution in [0, 0.1) is 5.82 Å². The van der Waals surface area contributed by atoms with E-state index in [2.05, 4.69) is 26.1 Å². The number of benzene rings is 2. The molecule has 1 unspecified atom stereocenters. The Morgan fingerprint density at radius 2 is 2.04 bits per heavy atom. The van der Waals surface area contributed by atoms with Crippen LogP contribution in [0.3, 0.4) is 0 Å². The van der Waals surface area contributed by atoms with E-state index in [1.54, 1.807) is 11.0 Å².